The molecule has 5 nitrogen and oxygen atoms in total. The summed E-state index contributed by atoms with van der Waals surface area (Å²) in [7, 11) is 0. The highest BCUT2D eigenvalue weighted by atomic mass is 32.2. The molecule has 0 aliphatic heterocycles. The first-order valence-corrected chi connectivity index (χ1v) is 9.27. The first-order valence-electron chi connectivity index (χ1n) is 7.57. The lowest BCUT2D eigenvalue weighted by Gasteiger charge is -2.09. The van der Waals surface area contributed by atoms with Gasteiger partial charge in [0.05, 0.1) is 27.1 Å². The predicted octanol–water partition coefficient (Wildman–Crippen LogP) is 4.21. The van der Waals surface area contributed by atoms with Gasteiger partial charge in [0.25, 0.3) is 0 Å². The van der Waals surface area contributed by atoms with Crippen molar-refractivity contribution in [2.75, 3.05) is 11.9 Å². The van der Waals surface area contributed by atoms with Gasteiger partial charge in [-0.2, -0.15) is 0 Å². The second-order valence-electron chi connectivity index (χ2n) is 5.00. The molecule has 3 rings (SSSR count). The fourth-order valence-corrected chi connectivity index (χ4v) is 3.78. The van der Waals surface area contributed by atoms with Crippen LogP contribution in [0.3, 0.4) is 0 Å². The number of carbonyl (C=O) groups excluding carboxylic acids is 1. The largest absolute Gasteiger partial charge is 0.494 e. The van der Waals surface area contributed by atoms with Crippen molar-refractivity contribution in [2.45, 2.75) is 24.1 Å². The van der Waals surface area contributed by atoms with Gasteiger partial charge in [0.2, 0.25) is 5.91 Å². The zero-order chi connectivity index (χ0) is 16.9. The van der Waals surface area contributed by atoms with E-state index in [1.165, 1.54) is 23.1 Å². The summed E-state index contributed by atoms with van der Waals surface area (Å²) in [5.74, 6) is 0.723. The number of carbonyl (C=O) groups is 1. The Morgan fingerprint density at radius 3 is 3.00 bits per heavy atom. The Labute approximate surface area is 148 Å². The molecule has 7 heteroatoms. The number of ether oxygens (including phenoxy) is 1. The van der Waals surface area contributed by atoms with Crippen molar-refractivity contribution >= 4 is 44.4 Å². The number of hydrogen-bond donors (Lipinski definition) is 1. The number of benzene rings is 1. The maximum Gasteiger partial charge on any atom is 0.239 e. The second kappa shape index (κ2) is 7.63. The molecule has 1 unspecified atom stereocenters. The Morgan fingerprint density at radius 2 is 2.25 bits per heavy atom. The Morgan fingerprint density at radius 1 is 1.38 bits per heavy atom. The molecule has 0 spiro atoms. The topological polar surface area (TPSA) is 64.1 Å². The third-order valence-corrected chi connectivity index (χ3v) is 5.19. The molecule has 0 saturated carbocycles. The van der Waals surface area contributed by atoms with Gasteiger partial charge in [-0.3, -0.25) is 4.79 Å². The highest BCUT2D eigenvalue weighted by Gasteiger charge is 2.17. The molecule has 1 N–H and O–H groups in total. The molecule has 3 aromatic rings. The van der Waals surface area contributed by atoms with Crippen LogP contribution in [0.5, 0.6) is 5.75 Å². The molecule has 1 aromatic carbocycles. The smallest absolute Gasteiger partial charge is 0.239 e. The molecule has 2 heterocycles. The van der Waals surface area contributed by atoms with E-state index in [9.17, 15) is 4.79 Å². The molecule has 1 atom stereocenters. The average Bonchev–Trinajstić information content (AvgIpc) is 2.97. The van der Waals surface area contributed by atoms with E-state index in [2.05, 4.69) is 15.3 Å². The van der Waals surface area contributed by atoms with Crippen molar-refractivity contribution in [3.63, 3.8) is 0 Å². The molecule has 124 valence electrons. The Hall–Kier alpha value is -2.12. The highest BCUT2D eigenvalue weighted by Crippen LogP contribution is 2.30. The van der Waals surface area contributed by atoms with Gasteiger partial charge in [0.1, 0.15) is 5.75 Å². The number of hydrogen-bond acceptors (Lipinski definition) is 6. The Kier molecular flexibility index (Phi) is 5.32. The number of amides is 1. The molecular formula is C17H17N3O2S2. The van der Waals surface area contributed by atoms with Crippen molar-refractivity contribution in [3.8, 4) is 5.75 Å². The van der Waals surface area contributed by atoms with E-state index >= 15 is 0 Å². The maximum atomic E-state index is 12.3. The Balaban J connectivity index is 1.68. The lowest BCUT2D eigenvalue weighted by Crippen LogP contribution is -2.22. The van der Waals surface area contributed by atoms with Gasteiger partial charge in [0, 0.05) is 6.20 Å². The SMILES string of the molecule is CCOc1ccc2nc(NC(=O)C(C)Sc3ccccn3)sc2c1. The van der Waals surface area contributed by atoms with Gasteiger partial charge in [-0.1, -0.05) is 29.2 Å². The van der Waals surface area contributed by atoms with Crippen molar-refractivity contribution in [1.82, 2.24) is 9.97 Å². The number of nitrogens with one attached hydrogen (secondary N) is 1. The molecule has 24 heavy (non-hydrogen) atoms. The number of rotatable bonds is 6. The molecule has 1 amide bonds. The molecule has 2 aromatic heterocycles. The number of thioether (sulfide) groups is 1. The van der Waals surface area contributed by atoms with Crippen LogP contribution in [0, 0.1) is 0 Å². The average molecular weight is 359 g/mol. The van der Waals surface area contributed by atoms with E-state index in [1.807, 2.05) is 50.2 Å². The van der Waals surface area contributed by atoms with Crippen LogP contribution in [0.1, 0.15) is 13.8 Å². The molecular weight excluding hydrogens is 342 g/mol. The van der Waals surface area contributed by atoms with Crippen molar-refractivity contribution < 1.29 is 9.53 Å². The van der Waals surface area contributed by atoms with Crippen LogP contribution in [-0.4, -0.2) is 27.7 Å². The molecule has 0 saturated heterocycles. The van der Waals surface area contributed by atoms with Gasteiger partial charge in [-0.05, 0) is 44.2 Å². The summed E-state index contributed by atoms with van der Waals surface area (Å²) in [5.41, 5.74) is 0.851. The van der Waals surface area contributed by atoms with Gasteiger partial charge in [-0.15, -0.1) is 0 Å². The zero-order valence-corrected chi connectivity index (χ0v) is 15.0. The minimum Gasteiger partial charge on any atom is -0.494 e. The summed E-state index contributed by atoms with van der Waals surface area (Å²) in [4.78, 5) is 21.0. The third kappa shape index (κ3) is 4.04. The summed E-state index contributed by atoms with van der Waals surface area (Å²) in [6, 6.07) is 11.4. The third-order valence-electron chi connectivity index (χ3n) is 3.21. The quantitative estimate of drug-likeness (QED) is 0.668. The van der Waals surface area contributed by atoms with Crippen LogP contribution in [0.25, 0.3) is 10.2 Å². The van der Waals surface area contributed by atoms with Gasteiger partial charge < -0.3 is 10.1 Å². The molecule has 0 radical (unpaired) electrons. The number of anilines is 1. The van der Waals surface area contributed by atoms with Crippen LogP contribution in [0.15, 0.2) is 47.6 Å². The number of pyridine rings is 1. The number of aromatic nitrogens is 2. The number of fused-ring (bicyclic) bond motifs is 1. The van der Waals surface area contributed by atoms with Crippen LogP contribution >= 0.6 is 23.1 Å². The van der Waals surface area contributed by atoms with Crippen LogP contribution in [0.2, 0.25) is 0 Å². The highest BCUT2D eigenvalue weighted by molar-refractivity contribution is 8.00. The molecule has 0 aliphatic carbocycles. The first-order chi connectivity index (χ1) is 11.7. The molecule has 0 bridgehead atoms. The van der Waals surface area contributed by atoms with E-state index < -0.39 is 0 Å². The summed E-state index contributed by atoms with van der Waals surface area (Å²) in [5, 5.41) is 4.04. The van der Waals surface area contributed by atoms with E-state index in [0.717, 1.165) is 21.0 Å². The Bertz CT molecular complexity index is 836. The van der Waals surface area contributed by atoms with Crippen LogP contribution < -0.4 is 10.1 Å². The van der Waals surface area contributed by atoms with E-state index in [-0.39, 0.29) is 11.2 Å². The minimum atomic E-state index is -0.258. The first kappa shape index (κ1) is 16.7. The van der Waals surface area contributed by atoms with E-state index in [0.29, 0.717) is 11.7 Å². The summed E-state index contributed by atoms with van der Waals surface area (Å²) < 4.78 is 6.48. The fraction of sp³-hybridized carbons (Fsp3) is 0.235. The predicted molar refractivity (Wildman–Crippen MR) is 99.0 cm³/mol. The molecule has 0 fully saturated rings. The lowest BCUT2D eigenvalue weighted by atomic mass is 10.3. The lowest BCUT2D eigenvalue weighted by molar-refractivity contribution is -0.115. The normalized spacial score (nSPS) is 12.1. The van der Waals surface area contributed by atoms with Gasteiger partial charge in [0.15, 0.2) is 5.13 Å². The minimum absolute atomic E-state index is 0.0882. The monoisotopic (exact) mass is 359 g/mol. The van der Waals surface area contributed by atoms with E-state index in [4.69, 9.17) is 4.74 Å². The standard InChI is InChI=1S/C17H17N3O2S2/c1-3-22-12-7-8-13-14(10-12)24-17(19-13)20-16(21)11(2)23-15-6-4-5-9-18-15/h4-11H,3H2,1-2H3,(H,19,20,21). The zero-order valence-electron chi connectivity index (χ0n) is 13.4. The van der Waals surface area contributed by atoms with Crippen molar-refractivity contribution in [2.24, 2.45) is 0 Å². The fourth-order valence-electron chi connectivity index (χ4n) is 2.07. The van der Waals surface area contributed by atoms with Gasteiger partial charge in [-0.25, -0.2) is 9.97 Å². The van der Waals surface area contributed by atoms with E-state index in [1.54, 1.807) is 6.20 Å². The van der Waals surface area contributed by atoms with Crippen molar-refractivity contribution in [3.05, 3.63) is 42.6 Å². The number of thiazole rings is 1. The summed E-state index contributed by atoms with van der Waals surface area (Å²) >= 11 is 2.86. The second-order valence-corrected chi connectivity index (χ2v) is 7.39. The summed E-state index contributed by atoms with van der Waals surface area (Å²) in [6.45, 7) is 4.43. The van der Waals surface area contributed by atoms with Crippen LogP contribution in [-0.2, 0) is 4.79 Å². The maximum absolute atomic E-state index is 12.3. The van der Waals surface area contributed by atoms with Crippen molar-refractivity contribution in [1.29, 1.82) is 0 Å². The van der Waals surface area contributed by atoms with Gasteiger partial charge >= 0.3 is 0 Å². The number of nitrogens with zero attached hydrogens (tertiary/aromatic N) is 2. The van der Waals surface area contributed by atoms with Crippen LogP contribution in [0.4, 0.5) is 5.13 Å². The summed E-state index contributed by atoms with van der Waals surface area (Å²) in [6.07, 6.45) is 1.72. The molecule has 0 aliphatic rings.